The molecule has 0 atom stereocenters. The third-order valence-electron chi connectivity index (χ3n) is 4.30. The van der Waals surface area contributed by atoms with Gasteiger partial charge in [-0.05, 0) is 67.5 Å². The summed E-state index contributed by atoms with van der Waals surface area (Å²) in [4.78, 5) is 0. The zero-order chi connectivity index (χ0) is 14.1. The van der Waals surface area contributed by atoms with E-state index in [4.69, 9.17) is 0 Å². The fourth-order valence-electron chi connectivity index (χ4n) is 3.00. The number of hydrogen-bond acceptors (Lipinski definition) is 1. The van der Waals surface area contributed by atoms with Gasteiger partial charge in [-0.15, -0.1) is 0 Å². The van der Waals surface area contributed by atoms with Gasteiger partial charge in [0.2, 0.25) is 0 Å². The SMILES string of the molecule is Cc1cc(NC2CC(c3ccccc3C)C2)ccc1Br. The molecular weight excluding hydrogens is 310 g/mol. The first-order valence-corrected chi connectivity index (χ1v) is 8.01. The van der Waals surface area contributed by atoms with E-state index in [0.29, 0.717) is 6.04 Å². The number of nitrogens with one attached hydrogen (secondary N) is 1. The molecule has 20 heavy (non-hydrogen) atoms. The third-order valence-corrected chi connectivity index (χ3v) is 5.18. The van der Waals surface area contributed by atoms with Gasteiger partial charge >= 0.3 is 0 Å². The summed E-state index contributed by atoms with van der Waals surface area (Å²) in [6.45, 7) is 4.35. The van der Waals surface area contributed by atoms with Gasteiger partial charge in [-0.25, -0.2) is 0 Å². The van der Waals surface area contributed by atoms with Gasteiger partial charge in [-0.1, -0.05) is 40.2 Å². The Labute approximate surface area is 129 Å². The second kappa shape index (κ2) is 5.61. The summed E-state index contributed by atoms with van der Waals surface area (Å²) in [5.74, 6) is 0.727. The van der Waals surface area contributed by atoms with Gasteiger partial charge in [-0.2, -0.15) is 0 Å². The quantitative estimate of drug-likeness (QED) is 0.792. The Morgan fingerprint density at radius 2 is 1.75 bits per heavy atom. The van der Waals surface area contributed by atoms with Crippen LogP contribution in [0.2, 0.25) is 0 Å². The molecule has 0 aromatic heterocycles. The van der Waals surface area contributed by atoms with E-state index < -0.39 is 0 Å². The van der Waals surface area contributed by atoms with Crippen molar-refractivity contribution < 1.29 is 0 Å². The lowest BCUT2D eigenvalue weighted by Gasteiger charge is -2.37. The van der Waals surface area contributed by atoms with Crippen LogP contribution >= 0.6 is 15.9 Å². The first-order valence-electron chi connectivity index (χ1n) is 7.21. The average Bonchev–Trinajstić information content (AvgIpc) is 2.39. The van der Waals surface area contributed by atoms with Crippen molar-refractivity contribution in [2.75, 3.05) is 5.32 Å². The molecule has 1 aliphatic carbocycles. The van der Waals surface area contributed by atoms with Crippen LogP contribution in [0.3, 0.4) is 0 Å². The molecule has 0 spiro atoms. The molecule has 0 amide bonds. The Morgan fingerprint density at radius 1 is 1.00 bits per heavy atom. The summed E-state index contributed by atoms with van der Waals surface area (Å²) < 4.78 is 1.18. The molecular formula is C18H20BrN. The highest BCUT2D eigenvalue weighted by Gasteiger charge is 2.30. The second-order valence-corrected chi connectivity index (χ2v) is 6.68. The van der Waals surface area contributed by atoms with Crippen LogP contribution in [-0.2, 0) is 0 Å². The summed E-state index contributed by atoms with van der Waals surface area (Å²) in [7, 11) is 0. The van der Waals surface area contributed by atoms with Gasteiger partial charge in [-0.3, -0.25) is 0 Å². The van der Waals surface area contributed by atoms with Crippen LogP contribution in [0.15, 0.2) is 46.9 Å². The smallest absolute Gasteiger partial charge is 0.0345 e. The number of hydrogen-bond donors (Lipinski definition) is 1. The fraction of sp³-hybridized carbons (Fsp3) is 0.333. The van der Waals surface area contributed by atoms with Crippen LogP contribution in [0.25, 0.3) is 0 Å². The van der Waals surface area contributed by atoms with E-state index in [9.17, 15) is 0 Å². The highest BCUT2D eigenvalue weighted by molar-refractivity contribution is 9.10. The first-order chi connectivity index (χ1) is 9.63. The maximum Gasteiger partial charge on any atom is 0.0345 e. The summed E-state index contributed by atoms with van der Waals surface area (Å²) in [6.07, 6.45) is 2.47. The Hall–Kier alpha value is -1.28. The lowest BCUT2D eigenvalue weighted by Crippen LogP contribution is -2.34. The Bertz CT molecular complexity index is 615. The van der Waals surface area contributed by atoms with E-state index in [1.807, 2.05) is 0 Å². The van der Waals surface area contributed by atoms with Crippen LogP contribution in [0.4, 0.5) is 5.69 Å². The second-order valence-electron chi connectivity index (χ2n) is 5.83. The predicted octanol–water partition coefficient (Wildman–Crippen LogP) is 5.42. The van der Waals surface area contributed by atoms with Gasteiger partial charge in [0, 0.05) is 16.2 Å². The van der Waals surface area contributed by atoms with Gasteiger partial charge in [0.15, 0.2) is 0 Å². The Balaban J connectivity index is 1.61. The molecule has 3 rings (SSSR count). The molecule has 0 saturated heterocycles. The minimum absolute atomic E-state index is 0.611. The third kappa shape index (κ3) is 2.76. The van der Waals surface area contributed by atoms with E-state index in [1.54, 1.807) is 0 Å². The van der Waals surface area contributed by atoms with E-state index in [-0.39, 0.29) is 0 Å². The number of aryl methyl sites for hydroxylation is 2. The Kier molecular flexibility index (Phi) is 3.84. The van der Waals surface area contributed by atoms with E-state index in [2.05, 4.69) is 77.6 Å². The zero-order valence-corrected chi connectivity index (χ0v) is 13.6. The van der Waals surface area contributed by atoms with Crippen LogP contribution in [-0.4, -0.2) is 6.04 Å². The van der Waals surface area contributed by atoms with Gasteiger partial charge in [0.05, 0.1) is 0 Å². The molecule has 1 nitrogen and oxygen atoms in total. The van der Waals surface area contributed by atoms with Crippen molar-refractivity contribution in [3.63, 3.8) is 0 Å². The van der Waals surface area contributed by atoms with Crippen molar-refractivity contribution in [2.45, 2.75) is 38.6 Å². The lowest BCUT2D eigenvalue weighted by molar-refractivity contribution is 0.373. The van der Waals surface area contributed by atoms with Crippen molar-refractivity contribution in [1.29, 1.82) is 0 Å². The molecule has 0 radical (unpaired) electrons. The Morgan fingerprint density at radius 3 is 2.45 bits per heavy atom. The lowest BCUT2D eigenvalue weighted by atomic mass is 9.74. The summed E-state index contributed by atoms with van der Waals surface area (Å²) in [6, 6.07) is 15.9. The summed E-state index contributed by atoms with van der Waals surface area (Å²) in [5.41, 5.74) is 5.47. The van der Waals surface area contributed by atoms with Gasteiger partial charge in [0.1, 0.15) is 0 Å². The van der Waals surface area contributed by atoms with E-state index >= 15 is 0 Å². The minimum Gasteiger partial charge on any atom is -0.382 e. The molecule has 2 aromatic rings. The summed E-state index contributed by atoms with van der Waals surface area (Å²) in [5, 5.41) is 3.64. The topological polar surface area (TPSA) is 12.0 Å². The summed E-state index contributed by atoms with van der Waals surface area (Å²) >= 11 is 3.55. The van der Waals surface area contributed by atoms with Crippen molar-refractivity contribution in [2.24, 2.45) is 0 Å². The molecule has 2 aromatic carbocycles. The molecule has 1 aliphatic rings. The van der Waals surface area contributed by atoms with E-state index in [1.165, 1.54) is 39.7 Å². The molecule has 0 unspecified atom stereocenters. The zero-order valence-electron chi connectivity index (χ0n) is 12.0. The van der Waals surface area contributed by atoms with Crippen LogP contribution in [0.1, 0.15) is 35.4 Å². The van der Waals surface area contributed by atoms with Gasteiger partial charge in [0.25, 0.3) is 0 Å². The largest absolute Gasteiger partial charge is 0.382 e. The van der Waals surface area contributed by atoms with Crippen molar-refractivity contribution in [1.82, 2.24) is 0 Å². The molecule has 0 bridgehead atoms. The highest BCUT2D eigenvalue weighted by Crippen LogP contribution is 2.39. The standard InChI is InChI=1S/C18H20BrN/c1-12-5-3-4-6-17(12)14-10-16(11-14)20-15-7-8-18(19)13(2)9-15/h3-9,14,16,20H,10-11H2,1-2H3. The highest BCUT2D eigenvalue weighted by atomic mass is 79.9. The first kappa shape index (κ1) is 13.7. The fourth-order valence-corrected chi connectivity index (χ4v) is 3.25. The molecule has 0 heterocycles. The predicted molar refractivity (Wildman–Crippen MR) is 89.4 cm³/mol. The van der Waals surface area contributed by atoms with Crippen LogP contribution in [0, 0.1) is 13.8 Å². The average molecular weight is 330 g/mol. The number of halogens is 1. The number of benzene rings is 2. The molecule has 1 fully saturated rings. The minimum atomic E-state index is 0.611. The van der Waals surface area contributed by atoms with Crippen LogP contribution < -0.4 is 5.32 Å². The normalized spacial score (nSPS) is 21.4. The monoisotopic (exact) mass is 329 g/mol. The number of rotatable bonds is 3. The van der Waals surface area contributed by atoms with Crippen molar-refractivity contribution in [3.05, 3.63) is 63.6 Å². The van der Waals surface area contributed by atoms with Crippen molar-refractivity contribution in [3.8, 4) is 0 Å². The maximum absolute atomic E-state index is 3.64. The van der Waals surface area contributed by atoms with Gasteiger partial charge < -0.3 is 5.32 Å². The molecule has 1 saturated carbocycles. The molecule has 1 N–H and O–H groups in total. The number of anilines is 1. The van der Waals surface area contributed by atoms with Crippen molar-refractivity contribution >= 4 is 21.6 Å². The molecule has 104 valence electrons. The maximum atomic E-state index is 3.64. The molecule has 2 heteroatoms. The van der Waals surface area contributed by atoms with Crippen LogP contribution in [0.5, 0.6) is 0 Å². The molecule has 0 aliphatic heterocycles. The van der Waals surface area contributed by atoms with E-state index in [0.717, 1.165) is 5.92 Å².